The molecule has 1 atom stereocenters. The summed E-state index contributed by atoms with van der Waals surface area (Å²) in [5, 5.41) is 15.3. The molecule has 1 aromatic carbocycles. The Kier molecular flexibility index (Phi) is 4.27. The van der Waals surface area contributed by atoms with Crippen LogP contribution in [0.5, 0.6) is 0 Å². The van der Waals surface area contributed by atoms with Crippen molar-refractivity contribution in [2.24, 2.45) is 0 Å². The van der Waals surface area contributed by atoms with Crippen LogP contribution in [0.1, 0.15) is 18.9 Å². The van der Waals surface area contributed by atoms with Crippen molar-refractivity contribution in [2.75, 3.05) is 24.2 Å². The Morgan fingerprint density at radius 2 is 2.17 bits per heavy atom. The van der Waals surface area contributed by atoms with Gasteiger partial charge in [-0.25, -0.2) is 8.42 Å². The van der Waals surface area contributed by atoms with Gasteiger partial charge in [0.15, 0.2) is 9.84 Å². The summed E-state index contributed by atoms with van der Waals surface area (Å²) in [6, 6.07) is 6.35. The third kappa shape index (κ3) is 3.25. The van der Waals surface area contributed by atoms with Crippen molar-refractivity contribution < 1.29 is 13.3 Å². The van der Waals surface area contributed by atoms with Crippen LogP contribution in [0.2, 0.25) is 0 Å². The van der Waals surface area contributed by atoms with E-state index >= 15 is 0 Å². The van der Waals surface area contributed by atoms with Crippen molar-refractivity contribution in [3.63, 3.8) is 0 Å². The first-order valence-electron chi connectivity index (χ1n) is 7.59. The minimum absolute atomic E-state index is 0.200. The predicted octanol–water partition coefficient (Wildman–Crippen LogP) is 2.04. The monoisotopic (exact) mass is 350 g/mol. The first-order valence-corrected chi connectivity index (χ1v) is 9.48. The van der Waals surface area contributed by atoms with E-state index in [0.717, 1.165) is 25.6 Å². The summed E-state index contributed by atoms with van der Waals surface area (Å²) in [5.41, 5.74) is 0.291. The van der Waals surface area contributed by atoms with E-state index in [1.807, 2.05) is 21.8 Å². The van der Waals surface area contributed by atoms with Gasteiger partial charge in [-0.15, -0.1) is 0 Å². The molecule has 1 unspecified atom stereocenters. The zero-order valence-electron chi connectivity index (χ0n) is 13.2. The fraction of sp³-hybridized carbons (Fsp3) is 0.400. The molecule has 0 bridgehead atoms. The largest absolute Gasteiger partial charge is 0.369 e. The molecule has 2 aromatic rings. The van der Waals surface area contributed by atoms with Crippen LogP contribution in [-0.4, -0.2) is 42.5 Å². The molecule has 2 heterocycles. The normalized spacial score (nSPS) is 18.5. The Balaban J connectivity index is 1.93. The van der Waals surface area contributed by atoms with E-state index in [1.165, 1.54) is 12.1 Å². The van der Waals surface area contributed by atoms with Gasteiger partial charge in [0.05, 0.1) is 11.0 Å². The maximum atomic E-state index is 11.9. The number of benzene rings is 1. The molecule has 1 fully saturated rings. The second-order valence-corrected chi connectivity index (χ2v) is 7.89. The Labute approximate surface area is 139 Å². The molecule has 0 amide bonds. The zero-order valence-corrected chi connectivity index (χ0v) is 14.0. The third-order valence-corrected chi connectivity index (χ3v) is 5.33. The highest BCUT2D eigenvalue weighted by atomic mass is 32.2. The highest BCUT2D eigenvalue weighted by Crippen LogP contribution is 2.31. The molecule has 1 aromatic heterocycles. The molecule has 1 aliphatic heterocycles. The topological polar surface area (TPSA) is 98.3 Å². The van der Waals surface area contributed by atoms with Gasteiger partial charge in [-0.05, 0) is 31.0 Å². The van der Waals surface area contributed by atoms with Crippen LogP contribution in [0, 0.1) is 10.1 Å². The minimum Gasteiger partial charge on any atom is -0.369 e. The van der Waals surface area contributed by atoms with E-state index in [-0.39, 0.29) is 16.6 Å². The highest BCUT2D eigenvalue weighted by Gasteiger charge is 2.26. The lowest BCUT2D eigenvalue weighted by molar-refractivity contribution is -0.387. The summed E-state index contributed by atoms with van der Waals surface area (Å²) in [6.45, 7) is 1.46. The molecule has 8 nitrogen and oxygen atoms in total. The average molecular weight is 350 g/mol. The van der Waals surface area contributed by atoms with Gasteiger partial charge in [0.1, 0.15) is 4.90 Å². The van der Waals surface area contributed by atoms with E-state index in [2.05, 4.69) is 5.10 Å². The van der Waals surface area contributed by atoms with Crippen LogP contribution in [-0.2, 0) is 9.84 Å². The summed E-state index contributed by atoms with van der Waals surface area (Å²) in [5.74, 6) is 0. The lowest BCUT2D eigenvalue weighted by Gasteiger charge is -2.34. The fourth-order valence-electron chi connectivity index (χ4n) is 3.05. The lowest BCUT2D eigenvalue weighted by atomic mass is 10.1. The first-order chi connectivity index (χ1) is 11.4. The average Bonchev–Trinajstić information content (AvgIpc) is 3.08. The van der Waals surface area contributed by atoms with E-state index < -0.39 is 14.8 Å². The summed E-state index contributed by atoms with van der Waals surface area (Å²) in [6.07, 6.45) is 6.56. The molecule has 3 rings (SSSR count). The molecular weight excluding hydrogens is 332 g/mol. The second kappa shape index (κ2) is 6.23. The van der Waals surface area contributed by atoms with Gasteiger partial charge in [-0.1, -0.05) is 0 Å². The van der Waals surface area contributed by atoms with Crippen molar-refractivity contribution in [2.45, 2.75) is 23.8 Å². The van der Waals surface area contributed by atoms with Crippen molar-refractivity contribution in [1.29, 1.82) is 0 Å². The SMILES string of the molecule is CS(=O)(=O)c1cc(N2CCCC(n3cccn3)C2)ccc1[N+](=O)[O-]. The molecule has 0 aliphatic carbocycles. The number of anilines is 1. The number of aromatic nitrogens is 2. The van der Waals surface area contributed by atoms with E-state index in [0.29, 0.717) is 12.2 Å². The first kappa shape index (κ1) is 16.4. The van der Waals surface area contributed by atoms with E-state index in [4.69, 9.17) is 0 Å². The summed E-state index contributed by atoms with van der Waals surface area (Å²) in [4.78, 5) is 12.2. The Morgan fingerprint density at radius 1 is 1.38 bits per heavy atom. The number of hydrogen-bond donors (Lipinski definition) is 0. The van der Waals surface area contributed by atoms with Crippen LogP contribution >= 0.6 is 0 Å². The molecule has 0 N–H and O–H groups in total. The van der Waals surface area contributed by atoms with Crippen LogP contribution < -0.4 is 4.90 Å². The Hall–Kier alpha value is -2.42. The van der Waals surface area contributed by atoms with Gasteiger partial charge in [0, 0.05) is 43.5 Å². The summed E-state index contributed by atoms with van der Waals surface area (Å²) >= 11 is 0. The molecular formula is C15H18N4O4S. The Morgan fingerprint density at radius 3 is 2.79 bits per heavy atom. The molecule has 24 heavy (non-hydrogen) atoms. The van der Waals surface area contributed by atoms with Crippen molar-refractivity contribution >= 4 is 21.2 Å². The second-order valence-electron chi connectivity index (χ2n) is 5.91. The molecule has 0 saturated carbocycles. The fourth-order valence-corrected chi connectivity index (χ4v) is 3.91. The number of hydrogen-bond acceptors (Lipinski definition) is 6. The number of piperidine rings is 1. The molecule has 0 spiro atoms. The van der Waals surface area contributed by atoms with Gasteiger partial charge < -0.3 is 4.90 Å². The Bertz CT molecular complexity index is 848. The van der Waals surface area contributed by atoms with E-state index in [1.54, 1.807) is 12.3 Å². The summed E-state index contributed by atoms with van der Waals surface area (Å²) in [7, 11) is -3.68. The van der Waals surface area contributed by atoms with Crippen molar-refractivity contribution in [3.8, 4) is 0 Å². The zero-order chi connectivity index (χ0) is 17.3. The van der Waals surface area contributed by atoms with Crippen LogP contribution in [0.4, 0.5) is 11.4 Å². The molecule has 128 valence electrons. The highest BCUT2D eigenvalue weighted by molar-refractivity contribution is 7.90. The van der Waals surface area contributed by atoms with Crippen molar-refractivity contribution in [1.82, 2.24) is 9.78 Å². The molecule has 1 saturated heterocycles. The maximum Gasteiger partial charge on any atom is 0.288 e. The molecule has 9 heteroatoms. The summed E-state index contributed by atoms with van der Waals surface area (Å²) < 4.78 is 25.7. The lowest BCUT2D eigenvalue weighted by Crippen LogP contribution is -2.36. The van der Waals surface area contributed by atoms with E-state index in [9.17, 15) is 18.5 Å². The van der Waals surface area contributed by atoms with Crippen LogP contribution in [0.25, 0.3) is 0 Å². The van der Waals surface area contributed by atoms with Crippen LogP contribution in [0.3, 0.4) is 0 Å². The smallest absolute Gasteiger partial charge is 0.288 e. The predicted molar refractivity (Wildman–Crippen MR) is 88.9 cm³/mol. The number of sulfone groups is 1. The van der Waals surface area contributed by atoms with Gasteiger partial charge in [-0.3, -0.25) is 14.8 Å². The number of nitro benzene ring substituents is 1. The standard InChI is InChI=1S/C15H18N4O4S/c1-24(22,23)15-10-12(5-6-14(15)19(20)21)17-8-2-4-13(11-17)18-9-3-7-16-18/h3,5-7,9-10,13H,2,4,8,11H2,1H3. The van der Waals surface area contributed by atoms with Crippen LogP contribution in [0.15, 0.2) is 41.6 Å². The molecule has 1 aliphatic rings. The number of nitro groups is 1. The van der Waals surface area contributed by atoms with Gasteiger partial charge in [-0.2, -0.15) is 5.10 Å². The maximum absolute atomic E-state index is 11.9. The van der Waals surface area contributed by atoms with Gasteiger partial charge in [0.25, 0.3) is 5.69 Å². The third-order valence-electron chi connectivity index (χ3n) is 4.20. The number of rotatable bonds is 4. The van der Waals surface area contributed by atoms with Gasteiger partial charge >= 0.3 is 0 Å². The van der Waals surface area contributed by atoms with Crippen molar-refractivity contribution in [3.05, 3.63) is 46.8 Å². The minimum atomic E-state index is -3.68. The number of nitrogens with zero attached hydrogens (tertiary/aromatic N) is 4. The molecule has 0 radical (unpaired) electrons. The van der Waals surface area contributed by atoms with Gasteiger partial charge in [0.2, 0.25) is 0 Å². The quantitative estimate of drug-likeness (QED) is 0.618.